The highest BCUT2D eigenvalue weighted by atomic mass is 35.5. The number of nitrogens with two attached hydrogens (primary N) is 1. The number of carbonyl (C=O) groups is 2. The van der Waals surface area contributed by atoms with Crippen molar-refractivity contribution in [1.82, 2.24) is 44.5 Å². The molecule has 0 saturated carbocycles. The smallest absolute Gasteiger partial charge is 0.337 e. The summed E-state index contributed by atoms with van der Waals surface area (Å²) in [5, 5.41) is 55.2. The van der Waals surface area contributed by atoms with Gasteiger partial charge in [0, 0.05) is 209 Å². The van der Waals surface area contributed by atoms with Gasteiger partial charge < -0.3 is 84.7 Å². The number of anilines is 4. The maximum absolute atomic E-state index is 13.6. The number of carbonyl (C=O) groups excluding carboxylic acids is 1. The number of benzene rings is 7. The first kappa shape index (κ1) is 89.8. The molecule has 36 heteroatoms. The van der Waals surface area contributed by atoms with Gasteiger partial charge in [0.15, 0.2) is 0 Å². The molecule has 5 aromatic heterocycles. The van der Waals surface area contributed by atoms with Gasteiger partial charge in [-0.15, -0.1) is 0 Å². The van der Waals surface area contributed by atoms with Crippen molar-refractivity contribution in [3.8, 4) is 23.0 Å². The van der Waals surface area contributed by atoms with Crippen LogP contribution in [0.5, 0.6) is 23.0 Å². The Kier molecular flexibility index (Phi) is 31.3. The number of piperazine rings is 2. The second-order valence-electron chi connectivity index (χ2n) is 28.6. The van der Waals surface area contributed by atoms with E-state index in [1.54, 1.807) is 37.3 Å². The van der Waals surface area contributed by atoms with E-state index in [1.165, 1.54) is 113 Å². The molecule has 4 saturated heterocycles. The number of halogens is 1. The number of nitrogens with one attached hydrogen (secondary N) is 6. The van der Waals surface area contributed by atoms with Gasteiger partial charge in [0.2, 0.25) is 5.56 Å². The molecule has 0 radical (unpaired) electrons. The van der Waals surface area contributed by atoms with Crippen LogP contribution >= 0.6 is 11.6 Å². The molecule has 4 fully saturated rings. The molecule has 0 spiro atoms. The van der Waals surface area contributed by atoms with Crippen LogP contribution in [0.1, 0.15) is 64.4 Å². The van der Waals surface area contributed by atoms with Gasteiger partial charge in [-0.1, -0.05) is 23.7 Å². The predicted octanol–water partition coefficient (Wildman–Crippen LogP) is 11.0. The summed E-state index contributed by atoms with van der Waals surface area (Å²) in [7, 11) is 10.2. The van der Waals surface area contributed by atoms with Crippen molar-refractivity contribution in [3.63, 3.8) is 0 Å². The zero-order chi connectivity index (χ0) is 87.1. The second kappa shape index (κ2) is 42.2. The van der Waals surface area contributed by atoms with Gasteiger partial charge in [-0.25, -0.2) is 4.79 Å². The number of pyridine rings is 5. The number of hydrogen-bond acceptors (Lipinski definition) is 25. The summed E-state index contributed by atoms with van der Waals surface area (Å²) >= 11 is 5.80. The van der Waals surface area contributed by atoms with E-state index < -0.39 is 20.7 Å². The first-order chi connectivity index (χ1) is 58.0. The van der Waals surface area contributed by atoms with E-state index in [0.717, 1.165) is 156 Å². The molecular weight excluding hydrogens is 1580 g/mol. The minimum atomic E-state index is -0.817. The third-order valence-electron chi connectivity index (χ3n) is 20.3. The van der Waals surface area contributed by atoms with Crippen LogP contribution in [0.2, 0.25) is 5.02 Å². The molecule has 4 aliphatic rings. The van der Waals surface area contributed by atoms with Gasteiger partial charge in [0.25, 0.3) is 45.2 Å². The molecule has 16 rings (SSSR count). The summed E-state index contributed by atoms with van der Waals surface area (Å²) in [6.45, 7) is 16.0. The molecular formula is C85H95ClN16O19. The number of methoxy groups -OCH3 is 4. The lowest BCUT2D eigenvalue weighted by Gasteiger charge is -2.32. The van der Waals surface area contributed by atoms with E-state index in [2.05, 4.69) is 98.0 Å². The lowest BCUT2D eigenvalue weighted by atomic mass is 10.1. The standard InChI is InChI=1S/C27H33N5O3.C17H25N3O2.2C10H8N2O4.C10H10N2O2.C9H5ClN2O3.C2H6O/c1-30-11-13-31(14-12-30)18-19-5-8-24(32-9-3-4-10-32)22(15-19)27(34)28-20-6-7-23-21(16-20)25(35-2)17-26(33)29-23;1-18-8-10-19(11-9-18)13-14-4-5-16(15(12-14)17(21)22)20-6-2-3-7-20;2*1-16-9-5-10(13)11-8-3-2-6(12(14)15)4-7(8)9;1-14-9-5-10(13)12-8-3-2-6(11)4-7(8)9;10-7-4-9(13)11-8-2-1-5(12(14)15)3-6(7)8;1-2-3/h5-8,15-17H,3-4,9-14,18H2,1-2H3,(H,28,34)(H,29,33);4-5,12H,2-3,6-11,13H2,1H3,(H,21,22);2*2-5H,1H3,(H,11,13);2-5H,11H2,1H3,(H,12,13);1-4H,(H,11,13);3H,2H2,1H3. The number of aliphatic hydroxyl groups is 1. The fourth-order valence-electron chi connectivity index (χ4n) is 14.1. The predicted molar refractivity (Wildman–Crippen MR) is 467 cm³/mol. The van der Waals surface area contributed by atoms with Gasteiger partial charge in [-0.05, 0) is 137 Å². The number of nitro benzene ring substituents is 3. The lowest BCUT2D eigenvalue weighted by molar-refractivity contribution is -0.384. The number of carboxylic acid groups (broad SMARTS) is 1. The van der Waals surface area contributed by atoms with Crippen molar-refractivity contribution in [2.24, 2.45) is 0 Å². The minimum absolute atomic E-state index is 0.0437. The van der Waals surface area contributed by atoms with Crippen molar-refractivity contribution in [1.29, 1.82) is 0 Å². The second-order valence-corrected chi connectivity index (χ2v) is 29.0. The molecule has 1 amide bonds. The first-order valence-corrected chi connectivity index (χ1v) is 39.0. The van der Waals surface area contributed by atoms with Gasteiger partial charge in [0.1, 0.15) is 23.0 Å². The number of aliphatic hydroxyl groups excluding tert-OH is 1. The Bertz CT molecular complexity index is 5940. The van der Waals surface area contributed by atoms with E-state index in [4.69, 9.17) is 41.4 Å². The monoisotopic (exact) mass is 1680 g/mol. The zero-order valence-electron chi connectivity index (χ0n) is 67.8. The molecule has 12 aromatic rings. The number of likely N-dealkylation sites (N-methyl/N-ethyl adjacent to an activating group) is 2. The topological polar surface area (TPSA) is 463 Å². The molecule has 10 N–H and O–H groups in total. The Labute approximate surface area is 696 Å². The average Bonchev–Trinajstić information content (AvgIpc) is 1.65. The molecule has 7 aromatic carbocycles. The number of carboxylic acids is 1. The number of rotatable bonds is 16. The summed E-state index contributed by atoms with van der Waals surface area (Å²) in [6, 6.07) is 42.0. The van der Waals surface area contributed by atoms with Crippen LogP contribution in [-0.2, 0) is 13.1 Å². The van der Waals surface area contributed by atoms with E-state index in [1.807, 2.05) is 18.2 Å². The van der Waals surface area contributed by atoms with Gasteiger partial charge in [-0.2, -0.15) is 0 Å². The fourth-order valence-corrected chi connectivity index (χ4v) is 14.3. The number of non-ortho nitro benzene ring substituents is 3. The number of amides is 1. The summed E-state index contributed by atoms with van der Waals surface area (Å²) in [6.07, 6.45) is 4.60. The number of ether oxygens (including phenoxy) is 4. The van der Waals surface area contributed by atoms with Crippen LogP contribution in [0.15, 0.2) is 182 Å². The highest BCUT2D eigenvalue weighted by Crippen LogP contribution is 2.34. The van der Waals surface area contributed by atoms with Crippen LogP contribution in [0.25, 0.3) is 54.5 Å². The number of aromatic nitrogens is 5. The number of aromatic carboxylic acids is 1. The molecule has 9 heterocycles. The molecule has 0 unspecified atom stereocenters. The normalized spacial score (nSPS) is 14.1. The molecule has 4 aliphatic heterocycles. The number of nitrogens with zero attached hydrogens (tertiary/aromatic N) is 9. The zero-order valence-corrected chi connectivity index (χ0v) is 68.5. The maximum atomic E-state index is 13.6. The first-order valence-electron chi connectivity index (χ1n) is 38.6. The van der Waals surface area contributed by atoms with Gasteiger partial charge in [-0.3, -0.25) is 68.9 Å². The lowest BCUT2D eigenvalue weighted by Crippen LogP contribution is -2.43. The summed E-state index contributed by atoms with van der Waals surface area (Å²) in [5.74, 6) is 0.713. The third kappa shape index (κ3) is 24.1. The Hall–Kier alpha value is -13.6. The van der Waals surface area contributed by atoms with Crippen LogP contribution in [0, 0.1) is 30.3 Å². The number of nitro groups is 3. The molecule has 0 aliphatic carbocycles. The Morgan fingerprint density at radius 2 is 0.760 bits per heavy atom. The number of hydrogen-bond donors (Lipinski definition) is 9. The fraction of sp³-hybridized carbons (Fsp3) is 0.306. The molecule has 0 atom stereocenters. The summed E-state index contributed by atoms with van der Waals surface area (Å²) in [5.41, 5.74) is 13.6. The van der Waals surface area contributed by atoms with Crippen LogP contribution in [0.3, 0.4) is 0 Å². The number of fused-ring (bicyclic) bond motifs is 5. The Morgan fingerprint density at radius 3 is 1.13 bits per heavy atom. The number of aromatic amines is 5. The molecule has 35 nitrogen and oxygen atoms in total. The van der Waals surface area contributed by atoms with Crippen molar-refractivity contribution < 1.29 is 53.5 Å². The highest BCUT2D eigenvalue weighted by molar-refractivity contribution is 6.35. The largest absolute Gasteiger partial charge is 0.496 e. The third-order valence-corrected chi connectivity index (χ3v) is 20.6. The van der Waals surface area contributed by atoms with Crippen molar-refractivity contribution in [3.05, 3.63) is 267 Å². The van der Waals surface area contributed by atoms with E-state index in [9.17, 15) is 69.0 Å². The van der Waals surface area contributed by atoms with E-state index in [0.29, 0.717) is 83.7 Å². The molecule has 121 heavy (non-hydrogen) atoms. The summed E-state index contributed by atoms with van der Waals surface area (Å²) < 4.78 is 20.5. The number of H-pyrrole nitrogens is 5. The Balaban J connectivity index is 0.000000157. The van der Waals surface area contributed by atoms with Crippen molar-refractivity contribution in [2.75, 3.05) is 149 Å². The van der Waals surface area contributed by atoms with E-state index in [-0.39, 0.29) is 62.4 Å². The highest BCUT2D eigenvalue weighted by Gasteiger charge is 2.25. The maximum Gasteiger partial charge on any atom is 0.337 e. The van der Waals surface area contributed by atoms with Crippen LogP contribution in [0.4, 0.5) is 39.8 Å². The molecule has 0 bridgehead atoms. The molecule has 636 valence electrons. The van der Waals surface area contributed by atoms with Crippen LogP contribution < -0.4 is 67.6 Å². The average molecular weight is 1680 g/mol. The summed E-state index contributed by atoms with van der Waals surface area (Å²) in [4.78, 5) is 139. The van der Waals surface area contributed by atoms with Gasteiger partial charge in [0.05, 0.1) is 92.6 Å². The number of nitrogen functional groups attached to an aromatic ring is 1. The SMILES string of the molecule is CCO.CN1CCN(Cc2ccc(N3CCCC3)c(C(=O)O)c2)CC1.COc1cc(=O)[nH]c2ccc(N)cc12.COc1cc(=O)[nH]c2ccc(NC(=O)c3cc(CN4CCN(C)CC4)ccc3N3CCCC3)cc12.COc1cc(=O)[nH]c2ccc([N+](=O)[O-])cc12.COc1cc(=O)[nH]c2ccc([N+](=O)[O-])cc12.O=c1cc(Cl)c2cc([N+](=O)[O-])ccc2[nH]1. The van der Waals surface area contributed by atoms with Crippen molar-refractivity contribution in [2.45, 2.75) is 45.7 Å². The Morgan fingerprint density at radius 1 is 0.438 bits per heavy atom. The van der Waals surface area contributed by atoms with Gasteiger partial charge >= 0.3 is 5.97 Å². The quantitative estimate of drug-likeness (QED) is 0.0246. The minimum Gasteiger partial charge on any atom is -0.496 e. The van der Waals surface area contributed by atoms with E-state index >= 15 is 0 Å². The van der Waals surface area contributed by atoms with Crippen LogP contribution in [-0.4, -0.2) is 209 Å². The van der Waals surface area contributed by atoms with Crippen molar-refractivity contribution >= 4 is 118 Å².